The van der Waals surface area contributed by atoms with Gasteiger partial charge in [-0.2, -0.15) is 0 Å². The van der Waals surface area contributed by atoms with Crippen molar-refractivity contribution in [3.05, 3.63) is 30.1 Å². The second kappa shape index (κ2) is 6.38. The molecule has 1 aromatic carbocycles. The van der Waals surface area contributed by atoms with Crippen LogP contribution in [-0.2, 0) is 0 Å². The number of hydrogen-bond donors (Lipinski definition) is 1. The third-order valence-electron chi connectivity index (χ3n) is 3.67. The molecule has 0 bridgehead atoms. The maximum atomic E-state index is 13.0. The molecule has 1 saturated heterocycles. The van der Waals surface area contributed by atoms with E-state index in [2.05, 4.69) is 31.0 Å². The molecule has 19 heavy (non-hydrogen) atoms. The Balaban J connectivity index is 1.99. The number of halogens is 1. The smallest absolute Gasteiger partial charge is 0.123 e. The van der Waals surface area contributed by atoms with Crippen molar-refractivity contribution in [2.75, 3.05) is 24.5 Å². The van der Waals surface area contributed by atoms with Crippen LogP contribution in [0, 0.1) is 17.7 Å². The maximum absolute atomic E-state index is 13.0. The van der Waals surface area contributed by atoms with Gasteiger partial charge in [-0.3, -0.25) is 0 Å². The molecule has 2 nitrogen and oxygen atoms in total. The Morgan fingerprint density at radius 3 is 2.58 bits per heavy atom. The van der Waals surface area contributed by atoms with E-state index in [0.29, 0.717) is 17.9 Å². The lowest BCUT2D eigenvalue weighted by Gasteiger charge is -2.38. The van der Waals surface area contributed by atoms with E-state index >= 15 is 0 Å². The van der Waals surface area contributed by atoms with Crippen LogP contribution in [0.15, 0.2) is 24.3 Å². The van der Waals surface area contributed by atoms with Crippen LogP contribution in [0.5, 0.6) is 0 Å². The molecule has 0 spiro atoms. The average molecular weight is 264 g/mol. The van der Waals surface area contributed by atoms with Crippen molar-refractivity contribution in [3.63, 3.8) is 0 Å². The van der Waals surface area contributed by atoms with Gasteiger partial charge in [-0.25, -0.2) is 4.39 Å². The molecule has 2 rings (SSSR count). The third kappa shape index (κ3) is 4.20. The normalized spacial score (nSPS) is 23.9. The molecule has 106 valence electrons. The lowest BCUT2D eigenvalue weighted by atomic mass is 9.95. The number of hydrogen-bond acceptors (Lipinski definition) is 2. The first-order valence-electron chi connectivity index (χ1n) is 7.28. The van der Waals surface area contributed by atoms with Crippen LogP contribution in [0.1, 0.15) is 27.2 Å². The van der Waals surface area contributed by atoms with Gasteiger partial charge in [0.1, 0.15) is 5.82 Å². The molecule has 1 heterocycles. The number of anilines is 1. The van der Waals surface area contributed by atoms with E-state index in [1.165, 1.54) is 6.42 Å². The van der Waals surface area contributed by atoms with Crippen LogP contribution in [0.3, 0.4) is 0 Å². The highest BCUT2D eigenvalue weighted by atomic mass is 19.1. The average Bonchev–Trinajstić information content (AvgIpc) is 2.36. The van der Waals surface area contributed by atoms with Gasteiger partial charge in [0.05, 0.1) is 0 Å². The first kappa shape index (κ1) is 14.3. The Morgan fingerprint density at radius 1 is 1.26 bits per heavy atom. The molecule has 0 radical (unpaired) electrons. The van der Waals surface area contributed by atoms with E-state index in [0.717, 1.165) is 25.3 Å². The van der Waals surface area contributed by atoms with Crippen molar-refractivity contribution in [3.8, 4) is 0 Å². The van der Waals surface area contributed by atoms with E-state index in [9.17, 15) is 4.39 Å². The van der Waals surface area contributed by atoms with Gasteiger partial charge in [0.2, 0.25) is 0 Å². The fraction of sp³-hybridized carbons (Fsp3) is 0.625. The van der Waals surface area contributed by atoms with Gasteiger partial charge in [-0.05, 0) is 49.1 Å². The molecule has 0 amide bonds. The predicted octanol–water partition coefficient (Wildman–Crippen LogP) is 3.29. The van der Waals surface area contributed by atoms with Gasteiger partial charge in [-0.1, -0.05) is 20.8 Å². The summed E-state index contributed by atoms with van der Waals surface area (Å²) in [6.45, 7) is 9.90. The molecule has 0 aliphatic carbocycles. The Labute approximate surface area is 116 Å². The van der Waals surface area contributed by atoms with Gasteiger partial charge in [-0.15, -0.1) is 0 Å². The summed E-state index contributed by atoms with van der Waals surface area (Å²) < 4.78 is 13.0. The Bertz CT molecular complexity index is 388. The minimum Gasteiger partial charge on any atom is -0.370 e. The summed E-state index contributed by atoms with van der Waals surface area (Å²) in [4.78, 5) is 2.37. The lowest BCUT2D eigenvalue weighted by molar-refractivity contribution is 0.339. The SMILES string of the molecule is CC(C)CNC1CC(C)CN(c2ccc(F)cc2)C1. The molecular weight excluding hydrogens is 239 g/mol. The second-order valence-electron chi connectivity index (χ2n) is 6.22. The van der Waals surface area contributed by atoms with E-state index in [1.807, 2.05) is 12.1 Å². The van der Waals surface area contributed by atoms with E-state index in [4.69, 9.17) is 0 Å². The van der Waals surface area contributed by atoms with Gasteiger partial charge in [0.25, 0.3) is 0 Å². The summed E-state index contributed by atoms with van der Waals surface area (Å²) in [5, 5.41) is 3.65. The van der Waals surface area contributed by atoms with Gasteiger partial charge >= 0.3 is 0 Å². The summed E-state index contributed by atoms with van der Waals surface area (Å²) in [5.41, 5.74) is 1.13. The number of benzene rings is 1. The Hall–Kier alpha value is -1.09. The van der Waals surface area contributed by atoms with Gasteiger partial charge in [0, 0.05) is 24.8 Å². The zero-order valence-corrected chi connectivity index (χ0v) is 12.2. The molecule has 0 aromatic heterocycles. The summed E-state index contributed by atoms with van der Waals surface area (Å²) in [6.07, 6.45) is 1.23. The monoisotopic (exact) mass is 264 g/mol. The number of piperidine rings is 1. The highest BCUT2D eigenvalue weighted by Crippen LogP contribution is 2.23. The first-order valence-corrected chi connectivity index (χ1v) is 7.28. The number of nitrogens with zero attached hydrogens (tertiary/aromatic N) is 1. The highest BCUT2D eigenvalue weighted by Gasteiger charge is 2.24. The summed E-state index contributed by atoms with van der Waals surface area (Å²) in [6, 6.07) is 7.40. The lowest BCUT2D eigenvalue weighted by Crippen LogP contribution is -2.49. The third-order valence-corrected chi connectivity index (χ3v) is 3.67. The van der Waals surface area contributed by atoms with E-state index in [-0.39, 0.29) is 5.82 Å². The van der Waals surface area contributed by atoms with Crippen LogP contribution in [0.4, 0.5) is 10.1 Å². The first-order chi connectivity index (χ1) is 9.04. The van der Waals surface area contributed by atoms with Crippen molar-refractivity contribution in [1.29, 1.82) is 0 Å². The molecule has 2 unspecified atom stereocenters. The van der Waals surface area contributed by atoms with E-state index in [1.54, 1.807) is 12.1 Å². The molecule has 1 fully saturated rings. The highest BCUT2D eigenvalue weighted by molar-refractivity contribution is 5.47. The van der Waals surface area contributed by atoms with Crippen molar-refractivity contribution >= 4 is 5.69 Å². The van der Waals surface area contributed by atoms with Crippen molar-refractivity contribution in [1.82, 2.24) is 5.32 Å². The fourth-order valence-corrected chi connectivity index (χ4v) is 2.76. The van der Waals surface area contributed by atoms with Gasteiger partial charge < -0.3 is 10.2 Å². The van der Waals surface area contributed by atoms with Crippen LogP contribution in [-0.4, -0.2) is 25.7 Å². The quantitative estimate of drug-likeness (QED) is 0.897. The molecule has 0 saturated carbocycles. The van der Waals surface area contributed by atoms with E-state index < -0.39 is 0 Å². The number of nitrogens with one attached hydrogen (secondary N) is 1. The van der Waals surface area contributed by atoms with Crippen LogP contribution < -0.4 is 10.2 Å². The number of rotatable bonds is 4. The molecule has 3 heteroatoms. The minimum atomic E-state index is -0.164. The minimum absolute atomic E-state index is 0.164. The van der Waals surface area contributed by atoms with Crippen LogP contribution in [0.25, 0.3) is 0 Å². The molecule has 1 N–H and O–H groups in total. The molecule has 1 aromatic rings. The van der Waals surface area contributed by atoms with Crippen molar-refractivity contribution in [2.24, 2.45) is 11.8 Å². The Morgan fingerprint density at radius 2 is 1.95 bits per heavy atom. The molecule has 1 aliphatic heterocycles. The zero-order valence-electron chi connectivity index (χ0n) is 12.2. The second-order valence-corrected chi connectivity index (χ2v) is 6.22. The zero-order chi connectivity index (χ0) is 13.8. The molecular formula is C16H25FN2. The fourth-order valence-electron chi connectivity index (χ4n) is 2.76. The summed E-state index contributed by atoms with van der Waals surface area (Å²) >= 11 is 0. The molecule has 2 atom stereocenters. The van der Waals surface area contributed by atoms with Crippen LogP contribution >= 0.6 is 0 Å². The van der Waals surface area contributed by atoms with Gasteiger partial charge in [0.15, 0.2) is 0 Å². The predicted molar refractivity (Wildman–Crippen MR) is 79.0 cm³/mol. The maximum Gasteiger partial charge on any atom is 0.123 e. The standard InChI is InChI=1S/C16H25FN2/c1-12(2)9-18-15-8-13(3)10-19(11-15)16-6-4-14(17)5-7-16/h4-7,12-13,15,18H,8-11H2,1-3H3. The van der Waals surface area contributed by atoms with Crippen molar-refractivity contribution in [2.45, 2.75) is 33.2 Å². The largest absolute Gasteiger partial charge is 0.370 e. The van der Waals surface area contributed by atoms with Crippen LogP contribution in [0.2, 0.25) is 0 Å². The summed E-state index contributed by atoms with van der Waals surface area (Å²) in [5.74, 6) is 1.18. The Kier molecular flexibility index (Phi) is 4.81. The summed E-state index contributed by atoms with van der Waals surface area (Å²) in [7, 11) is 0. The van der Waals surface area contributed by atoms with Crippen molar-refractivity contribution < 1.29 is 4.39 Å². The molecule has 1 aliphatic rings. The topological polar surface area (TPSA) is 15.3 Å².